The number of alkyl halides is 6. The van der Waals surface area contributed by atoms with Crippen LogP contribution < -0.4 is 0 Å². The largest absolute Gasteiger partial charge is 0.416 e. The first-order valence-corrected chi connectivity index (χ1v) is 26.9. The van der Waals surface area contributed by atoms with Gasteiger partial charge >= 0.3 is 12.4 Å². The minimum absolute atomic E-state index is 0.125. The Labute approximate surface area is 469 Å². The highest BCUT2D eigenvalue weighted by molar-refractivity contribution is 6.14. The lowest BCUT2D eigenvalue weighted by Gasteiger charge is -2.21. The maximum Gasteiger partial charge on any atom is 0.416 e. The topological polar surface area (TPSA) is 33.6 Å². The maximum absolute atomic E-state index is 14.7. The number of nitrogens with zero attached hydrogens (tertiary/aromatic N) is 3. The Morgan fingerprint density at radius 2 is 0.646 bits per heavy atom. The van der Waals surface area contributed by atoms with Gasteiger partial charge in [-0.25, -0.2) is 0 Å². The van der Waals surface area contributed by atoms with Crippen LogP contribution in [0.15, 0.2) is 224 Å². The van der Waals surface area contributed by atoms with Gasteiger partial charge in [-0.1, -0.05) is 156 Å². The zero-order chi connectivity index (χ0) is 56.8. The highest BCUT2D eigenvalue weighted by Crippen LogP contribution is 2.46. The first-order chi connectivity index (χ1) is 39.4. The van der Waals surface area contributed by atoms with Crippen molar-refractivity contribution in [3.05, 3.63) is 263 Å². The van der Waals surface area contributed by atoms with E-state index in [0.717, 1.165) is 123 Å². The molecular weight excluding hydrogens is 1030 g/mol. The van der Waals surface area contributed by atoms with Gasteiger partial charge in [-0.15, -0.1) is 0 Å². The molecule has 82 heavy (non-hydrogen) atoms. The van der Waals surface area contributed by atoms with Crippen molar-refractivity contribution >= 4 is 43.6 Å². The van der Waals surface area contributed by atoms with Crippen molar-refractivity contribution in [1.29, 1.82) is 5.26 Å². The van der Waals surface area contributed by atoms with Crippen molar-refractivity contribution in [3.63, 3.8) is 0 Å². The normalized spacial score (nSPS) is 12.0. The molecule has 0 aliphatic carbocycles. The predicted molar refractivity (Wildman–Crippen MR) is 321 cm³/mol. The van der Waals surface area contributed by atoms with Crippen LogP contribution in [-0.4, -0.2) is 9.13 Å². The van der Waals surface area contributed by atoms with E-state index in [-0.39, 0.29) is 17.2 Å². The molecule has 0 unspecified atom stereocenters. The molecule has 0 amide bonds. The van der Waals surface area contributed by atoms with Gasteiger partial charge in [-0.2, -0.15) is 31.6 Å². The summed E-state index contributed by atoms with van der Waals surface area (Å²) in [7, 11) is 0. The van der Waals surface area contributed by atoms with Crippen LogP contribution in [0.2, 0.25) is 0 Å². The Hall–Kier alpha value is -9.91. The fraction of sp³-hybridized carbons (Fsp3) is 0.0822. The molecule has 13 aromatic rings. The van der Waals surface area contributed by atoms with Gasteiger partial charge < -0.3 is 9.13 Å². The van der Waals surface area contributed by atoms with E-state index >= 15 is 0 Å². The van der Waals surface area contributed by atoms with Crippen LogP contribution in [0.4, 0.5) is 26.3 Å². The van der Waals surface area contributed by atoms with Gasteiger partial charge in [0.2, 0.25) is 0 Å². The Morgan fingerprint density at radius 3 is 1.00 bits per heavy atom. The summed E-state index contributed by atoms with van der Waals surface area (Å²) >= 11 is 0. The van der Waals surface area contributed by atoms with E-state index in [1.165, 1.54) is 0 Å². The summed E-state index contributed by atoms with van der Waals surface area (Å²) < 4.78 is 92.2. The fourth-order valence-corrected chi connectivity index (χ4v) is 11.8. The highest BCUT2D eigenvalue weighted by Gasteiger charge is 2.37. The van der Waals surface area contributed by atoms with Crippen LogP contribution in [0.5, 0.6) is 0 Å². The van der Waals surface area contributed by atoms with Crippen LogP contribution in [0.3, 0.4) is 0 Å². The van der Waals surface area contributed by atoms with Crippen molar-refractivity contribution in [2.75, 3.05) is 0 Å². The Kier molecular flexibility index (Phi) is 12.4. The van der Waals surface area contributed by atoms with Crippen molar-refractivity contribution < 1.29 is 26.3 Å². The van der Waals surface area contributed by atoms with E-state index in [0.29, 0.717) is 28.1 Å². The van der Waals surface area contributed by atoms with Crippen LogP contribution in [0.25, 0.3) is 122 Å². The number of aryl methyl sites for hydroxylation is 4. The summed E-state index contributed by atoms with van der Waals surface area (Å²) in [5.41, 5.74) is 15.5. The van der Waals surface area contributed by atoms with Gasteiger partial charge in [0.15, 0.2) is 0 Å². The molecule has 398 valence electrons. The molecule has 11 aromatic carbocycles. The standard InChI is InChI=1S/C73H49F6N3/c1-43-9-5-13-48(29-43)52-19-25-67-62(36-52)63-37-53(49-14-6-10-44(2)30-49)20-26-68(63)81(67)66-24-17-47(42-80)33-61(66)60-23-18-56(57-34-58(72(74,75)76)41-59(35-57)73(77,78)79)40-71(60)82-69-27-21-54(50-15-7-11-45(3)31-50)38-64(69)65-39-55(22-28-70(65)82)51-16-8-12-46(4)32-51/h5-41H,1-4H3. The smallest absolute Gasteiger partial charge is 0.309 e. The van der Waals surface area contributed by atoms with Crippen molar-refractivity contribution in [2.24, 2.45) is 0 Å². The molecule has 0 spiro atoms. The molecule has 2 aromatic heterocycles. The third kappa shape index (κ3) is 9.26. The molecule has 0 N–H and O–H groups in total. The fourth-order valence-electron chi connectivity index (χ4n) is 11.8. The summed E-state index contributed by atoms with van der Waals surface area (Å²) in [4.78, 5) is 0. The molecule has 9 heteroatoms. The Bertz CT molecular complexity index is 4560. The number of aromatic nitrogens is 2. The number of hydrogen-bond donors (Lipinski definition) is 0. The second kappa shape index (κ2) is 19.7. The lowest BCUT2D eigenvalue weighted by Crippen LogP contribution is -2.11. The van der Waals surface area contributed by atoms with Crippen LogP contribution in [0, 0.1) is 39.0 Å². The quantitative estimate of drug-likeness (QED) is 0.140. The number of rotatable bonds is 8. The van der Waals surface area contributed by atoms with Gasteiger partial charge in [-0.3, -0.25) is 0 Å². The first kappa shape index (κ1) is 51.5. The zero-order valence-electron chi connectivity index (χ0n) is 45.0. The van der Waals surface area contributed by atoms with E-state index in [1.54, 1.807) is 24.3 Å². The number of benzene rings is 11. The van der Waals surface area contributed by atoms with Gasteiger partial charge in [0.05, 0.1) is 56.2 Å². The molecule has 2 heterocycles. The molecule has 13 rings (SSSR count). The van der Waals surface area contributed by atoms with Gasteiger partial charge in [-0.05, 0) is 174 Å². The van der Waals surface area contributed by atoms with Crippen molar-refractivity contribution in [3.8, 4) is 84.2 Å². The molecule has 0 atom stereocenters. The number of fused-ring (bicyclic) bond motifs is 6. The van der Waals surface area contributed by atoms with Crippen LogP contribution in [0.1, 0.15) is 38.9 Å². The minimum atomic E-state index is -5.08. The molecule has 0 aliphatic rings. The molecule has 0 fully saturated rings. The minimum Gasteiger partial charge on any atom is -0.309 e. The maximum atomic E-state index is 14.7. The molecular formula is C73H49F6N3. The van der Waals surface area contributed by atoms with E-state index in [4.69, 9.17) is 0 Å². The van der Waals surface area contributed by atoms with E-state index in [9.17, 15) is 31.6 Å². The summed E-state index contributed by atoms with van der Waals surface area (Å²) in [5, 5.41) is 14.4. The van der Waals surface area contributed by atoms with Gasteiger partial charge in [0.25, 0.3) is 0 Å². The second-order valence-electron chi connectivity index (χ2n) is 21.4. The van der Waals surface area contributed by atoms with Crippen LogP contribution >= 0.6 is 0 Å². The zero-order valence-corrected chi connectivity index (χ0v) is 45.0. The Morgan fingerprint density at radius 1 is 0.305 bits per heavy atom. The molecule has 0 saturated carbocycles. The SMILES string of the molecule is Cc1cccc(-c2ccc3c(c2)c2cc(-c4cccc(C)c4)ccc2n3-c2ccc(C#N)cc2-c2ccc(-c3cc(C(F)(F)F)cc(C(F)(F)F)c3)cc2-n2c3ccc(-c4cccc(C)c4)cc3c3cc(-c4cccc(C)c4)ccc32)c1. The predicted octanol–water partition coefficient (Wildman–Crippen LogP) is 21.0. The third-order valence-electron chi connectivity index (χ3n) is 15.8. The summed E-state index contributed by atoms with van der Waals surface area (Å²) in [5.74, 6) is 0. The summed E-state index contributed by atoms with van der Waals surface area (Å²) in [6.45, 7) is 8.22. The number of hydrogen-bond acceptors (Lipinski definition) is 1. The first-order valence-electron chi connectivity index (χ1n) is 26.9. The summed E-state index contributed by atoms with van der Waals surface area (Å²) in [6.07, 6.45) is -10.2. The van der Waals surface area contributed by atoms with E-state index in [2.05, 4.69) is 138 Å². The van der Waals surface area contributed by atoms with Gasteiger partial charge in [0, 0.05) is 32.7 Å². The monoisotopic (exact) mass is 1080 g/mol. The van der Waals surface area contributed by atoms with Crippen molar-refractivity contribution in [2.45, 2.75) is 40.0 Å². The Balaban J connectivity index is 1.13. The number of nitriles is 1. The average Bonchev–Trinajstić information content (AvgIpc) is 1.97. The highest BCUT2D eigenvalue weighted by atomic mass is 19.4. The van der Waals surface area contributed by atoms with Crippen molar-refractivity contribution in [1.82, 2.24) is 9.13 Å². The molecule has 0 saturated heterocycles. The lowest BCUT2D eigenvalue weighted by molar-refractivity contribution is -0.143. The van der Waals surface area contributed by atoms with Gasteiger partial charge in [0.1, 0.15) is 0 Å². The summed E-state index contributed by atoms with van der Waals surface area (Å²) in [6, 6.07) is 73.1. The average molecular weight is 1080 g/mol. The molecule has 0 aliphatic heterocycles. The van der Waals surface area contributed by atoms with E-state index < -0.39 is 23.5 Å². The van der Waals surface area contributed by atoms with E-state index in [1.807, 2.05) is 86.6 Å². The third-order valence-corrected chi connectivity index (χ3v) is 15.8. The number of halogens is 6. The van der Waals surface area contributed by atoms with Crippen LogP contribution in [-0.2, 0) is 12.4 Å². The molecule has 3 nitrogen and oxygen atoms in total. The lowest BCUT2D eigenvalue weighted by atomic mass is 9.93. The second-order valence-corrected chi connectivity index (χ2v) is 21.4. The molecule has 0 radical (unpaired) electrons. The molecule has 0 bridgehead atoms.